The summed E-state index contributed by atoms with van der Waals surface area (Å²) in [7, 11) is 0. The molecule has 100 valence electrons. The van der Waals surface area contributed by atoms with Crippen molar-refractivity contribution in [3.63, 3.8) is 0 Å². The van der Waals surface area contributed by atoms with E-state index in [2.05, 4.69) is 26.8 Å². The van der Waals surface area contributed by atoms with Crippen LogP contribution in [0.1, 0.15) is 44.2 Å². The number of pyridine rings is 1. The van der Waals surface area contributed by atoms with E-state index >= 15 is 0 Å². The Bertz CT molecular complexity index is 740. The monoisotopic (exact) mass is 257 g/mol. The highest BCUT2D eigenvalue weighted by Gasteiger charge is 2.33. The Hall–Kier alpha value is -1.77. The predicted molar refractivity (Wildman–Crippen MR) is 77.0 cm³/mol. The molecular weight excluding hydrogens is 238 g/mol. The van der Waals surface area contributed by atoms with Crippen LogP contribution in [0.5, 0.6) is 5.75 Å². The lowest BCUT2D eigenvalue weighted by Gasteiger charge is -2.38. The second-order valence-electron chi connectivity index (χ2n) is 6.37. The zero-order valence-electron chi connectivity index (χ0n) is 11.8. The van der Waals surface area contributed by atoms with Gasteiger partial charge in [-0.15, -0.1) is 0 Å². The average Bonchev–Trinajstić information content (AvgIpc) is 2.27. The minimum Gasteiger partial charge on any atom is -0.507 e. The highest BCUT2D eigenvalue weighted by Crippen LogP contribution is 2.42. The van der Waals surface area contributed by atoms with E-state index in [4.69, 9.17) is 0 Å². The third-order valence-electron chi connectivity index (χ3n) is 4.21. The third-order valence-corrected chi connectivity index (χ3v) is 4.21. The number of aromatic nitrogens is 1. The summed E-state index contributed by atoms with van der Waals surface area (Å²) in [6.07, 6.45) is 0.934. The number of hydrogen-bond acceptors (Lipinski definition) is 2. The van der Waals surface area contributed by atoms with Crippen LogP contribution in [0, 0.1) is 6.92 Å². The molecule has 0 saturated heterocycles. The first-order valence-corrected chi connectivity index (χ1v) is 6.71. The normalized spacial score (nSPS) is 20.7. The molecular formula is C16H19NO2. The molecule has 0 spiro atoms. The van der Waals surface area contributed by atoms with Crippen molar-refractivity contribution >= 4 is 10.9 Å². The molecule has 1 unspecified atom stereocenters. The highest BCUT2D eigenvalue weighted by molar-refractivity contribution is 5.89. The van der Waals surface area contributed by atoms with Crippen molar-refractivity contribution < 1.29 is 5.11 Å². The van der Waals surface area contributed by atoms with E-state index in [1.807, 2.05) is 17.6 Å². The van der Waals surface area contributed by atoms with Crippen molar-refractivity contribution in [1.82, 2.24) is 4.57 Å². The Morgan fingerprint density at radius 1 is 1.32 bits per heavy atom. The zero-order chi connectivity index (χ0) is 13.9. The Morgan fingerprint density at radius 3 is 2.68 bits per heavy atom. The molecule has 19 heavy (non-hydrogen) atoms. The minimum atomic E-state index is -0.218. The lowest BCUT2D eigenvalue weighted by Crippen LogP contribution is -2.40. The smallest absolute Gasteiger partial charge is 0.255 e. The molecule has 1 atom stereocenters. The van der Waals surface area contributed by atoms with Crippen molar-refractivity contribution in [3.05, 3.63) is 39.7 Å². The first-order valence-electron chi connectivity index (χ1n) is 6.71. The number of aromatic hydroxyl groups is 1. The lowest BCUT2D eigenvalue weighted by atomic mass is 9.81. The Morgan fingerprint density at radius 2 is 2.00 bits per heavy atom. The molecule has 0 fully saturated rings. The fourth-order valence-corrected chi connectivity index (χ4v) is 3.55. The molecule has 0 aliphatic carbocycles. The van der Waals surface area contributed by atoms with E-state index in [9.17, 15) is 9.90 Å². The SMILES string of the molecule is Cc1cc2c3c(c1)c(O)cc(=O)n3C(C)(C)CC2C. The second kappa shape index (κ2) is 3.62. The van der Waals surface area contributed by atoms with Gasteiger partial charge in [0.2, 0.25) is 0 Å². The molecule has 0 radical (unpaired) electrons. The summed E-state index contributed by atoms with van der Waals surface area (Å²) in [5, 5.41) is 10.9. The highest BCUT2D eigenvalue weighted by atomic mass is 16.3. The van der Waals surface area contributed by atoms with Gasteiger partial charge in [-0.3, -0.25) is 4.79 Å². The molecule has 1 aromatic heterocycles. The average molecular weight is 257 g/mol. The van der Waals surface area contributed by atoms with E-state index in [0.717, 1.165) is 22.9 Å². The van der Waals surface area contributed by atoms with Crippen molar-refractivity contribution in [3.8, 4) is 5.75 Å². The number of rotatable bonds is 0. The van der Waals surface area contributed by atoms with Gasteiger partial charge >= 0.3 is 0 Å². The molecule has 0 amide bonds. The second-order valence-corrected chi connectivity index (χ2v) is 6.37. The molecule has 1 aromatic carbocycles. The van der Waals surface area contributed by atoms with E-state index in [0.29, 0.717) is 5.92 Å². The van der Waals surface area contributed by atoms with Gasteiger partial charge in [-0.05, 0) is 50.3 Å². The van der Waals surface area contributed by atoms with E-state index in [-0.39, 0.29) is 16.8 Å². The molecule has 2 heterocycles. The fraction of sp³-hybridized carbons (Fsp3) is 0.438. The van der Waals surface area contributed by atoms with Crippen molar-refractivity contribution in [2.75, 3.05) is 0 Å². The Balaban J connectivity index is 2.61. The van der Waals surface area contributed by atoms with Gasteiger partial charge in [0.25, 0.3) is 5.56 Å². The molecule has 2 aromatic rings. The van der Waals surface area contributed by atoms with Gasteiger partial charge in [0.05, 0.1) is 5.52 Å². The lowest BCUT2D eigenvalue weighted by molar-refractivity contribution is 0.292. The first kappa shape index (κ1) is 12.3. The number of aryl methyl sites for hydroxylation is 1. The summed E-state index contributed by atoms with van der Waals surface area (Å²) in [5.74, 6) is 0.477. The topological polar surface area (TPSA) is 42.2 Å². The molecule has 0 saturated carbocycles. The quantitative estimate of drug-likeness (QED) is 0.787. The van der Waals surface area contributed by atoms with Crippen LogP contribution in [0.2, 0.25) is 0 Å². The van der Waals surface area contributed by atoms with Gasteiger partial charge in [-0.25, -0.2) is 0 Å². The van der Waals surface area contributed by atoms with Gasteiger partial charge in [-0.1, -0.05) is 13.0 Å². The first-order chi connectivity index (χ1) is 8.81. The van der Waals surface area contributed by atoms with E-state index < -0.39 is 0 Å². The van der Waals surface area contributed by atoms with Gasteiger partial charge in [0, 0.05) is 17.0 Å². The molecule has 1 N–H and O–H groups in total. The number of hydrogen-bond donors (Lipinski definition) is 1. The van der Waals surface area contributed by atoms with Crippen molar-refractivity contribution in [2.24, 2.45) is 0 Å². The van der Waals surface area contributed by atoms with Crippen LogP contribution in [-0.4, -0.2) is 9.67 Å². The third kappa shape index (κ3) is 1.61. The fourth-order valence-electron chi connectivity index (χ4n) is 3.55. The van der Waals surface area contributed by atoms with Gasteiger partial charge in [0.1, 0.15) is 5.75 Å². The van der Waals surface area contributed by atoms with Crippen LogP contribution < -0.4 is 5.56 Å². The number of benzene rings is 1. The minimum absolute atomic E-state index is 0.0890. The largest absolute Gasteiger partial charge is 0.507 e. The van der Waals surface area contributed by atoms with Crippen LogP contribution in [0.15, 0.2) is 23.0 Å². The summed E-state index contributed by atoms with van der Waals surface area (Å²) in [6.45, 7) is 8.39. The van der Waals surface area contributed by atoms with Gasteiger partial charge in [0.15, 0.2) is 0 Å². The molecule has 1 aliphatic rings. The maximum atomic E-state index is 12.3. The van der Waals surface area contributed by atoms with E-state index in [1.54, 1.807) is 0 Å². The molecule has 0 bridgehead atoms. The Kier molecular flexibility index (Phi) is 2.34. The summed E-state index contributed by atoms with van der Waals surface area (Å²) < 4.78 is 1.84. The maximum Gasteiger partial charge on any atom is 0.255 e. The predicted octanol–water partition coefficient (Wildman–Crippen LogP) is 3.26. The summed E-state index contributed by atoms with van der Waals surface area (Å²) in [6, 6.07) is 5.43. The maximum absolute atomic E-state index is 12.3. The van der Waals surface area contributed by atoms with Crippen LogP contribution in [-0.2, 0) is 5.54 Å². The molecule has 3 nitrogen and oxygen atoms in total. The number of nitrogens with zero attached hydrogens (tertiary/aromatic N) is 1. The van der Waals surface area contributed by atoms with Crippen LogP contribution in [0.25, 0.3) is 10.9 Å². The zero-order valence-corrected chi connectivity index (χ0v) is 11.8. The summed E-state index contributed by atoms with van der Waals surface area (Å²) in [4.78, 5) is 12.3. The van der Waals surface area contributed by atoms with Gasteiger partial charge in [-0.2, -0.15) is 0 Å². The molecule has 3 heteroatoms. The van der Waals surface area contributed by atoms with Crippen LogP contribution in [0.3, 0.4) is 0 Å². The van der Waals surface area contributed by atoms with Crippen molar-refractivity contribution in [1.29, 1.82) is 0 Å². The summed E-state index contributed by atoms with van der Waals surface area (Å²) in [5.41, 5.74) is 2.85. The Labute approximate surface area is 112 Å². The van der Waals surface area contributed by atoms with Crippen LogP contribution in [0.4, 0.5) is 0 Å². The summed E-state index contributed by atoms with van der Waals surface area (Å²) >= 11 is 0. The van der Waals surface area contributed by atoms with Gasteiger partial charge < -0.3 is 9.67 Å². The van der Waals surface area contributed by atoms with E-state index in [1.165, 1.54) is 11.6 Å². The molecule has 3 rings (SSSR count). The van der Waals surface area contributed by atoms with Crippen LogP contribution >= 0.6 is 0 Å². The van der Waals surface area contributed by atoms with Crippen molar-refractivity contribution in [2.45, 2.75) is 45.6 Å². The standard InChI is InChI=1S/C16H19NO2/c1-9-5-11-10(2)8-16(3,4)17-14(19)7-13(18)12(6-9)15(11)17/h5-7,10,18H,8H2,1-4H3. The molecule has 1 aliphatic heterocycles.